The van der Waals surface area contributed by atoms with Gasteiger partial charge in [0.15, 0.2) is 0 Å². The maximum Gasteiger partial charge on any atom is 0.235 e. The SMILES string of the molecule is CC(C)(COc1ccccc1)N=C=O. The molecule has 3 nitrogen and oxygen atoms in total. The average molecular weight is 191 g/mol. The molecule has 1 aromatic rings. The summed E-state index contributed by atoms with van der Waals surface area (Å²) in [7, 11) is 0. The van der Waals surface area contributed by atoms with Crippen LogP contribution in [0.5, 0.6) is 5.75 Å². The lowest BCUT2D eigenvalue weighted by Crippen LogP contribution is -2.26. The Morgan fingerprint density at radius 3 is 2.57 bits per heavy atom. The number of benzene rings is 1. The maximum atomic E-state index is 10.1. The molecule has 0 fully saturated rings. The van der Waals surface area contributed by atoms with Gasteiger partial charge in [0.2, 0.25) is 6.08 Å². The minimum absolute atomic E-state index is 0.367. The molecular formula is C11H13NO2. The minimum Gasteiger partial charge on any atom is -0.491 e. The zero-order valence-electron chi connectivity index (χ0n) is 8.36. The molecule has 0 aromatic heterocycles. The molecule has 0 saturated carbocycles. The number of rotatable bonds is 4. The smallest absolute Gasteiger partial charge is 0.235 e. The molecule has 1 aromatic carbocycles. The lowest BCUT2D eigenvalue weighted by Gasteiger charge is -2.17. The molecule has 0 heterocycles. The van der Waals surface area contributed by atoms with Crippen LogP contribution in [0.2, 0.25) is 0 Å². The molecule has 0 aliphatic carbocycles. The zero-order valence-corrected chi connectivity index (χ0v) is 8.36. The first-order valence-electron chi connectivity index (χ1n) is 4.41. The molecule has 1 rings (SSSR count). The monoisotopic (exact) mass is 191 g/mol. The van der Waals surface area contributed by atoms with E-state index in [0.717, 1.165) is 5.75 Å². The van der Waals surface area contributed by atoms with Crippen molar-refractivity contribution in [1.29, 1.82) is 0 Å². The number of para-hydroxylation sites is 1. The van der Waals surface area contributed by atoms with Gasteiger partial charge in [-0.25, -0.2) is 4.79 Å². The number of hydrogen-bond acceptors (Lipinski definition) is 3. The van der Waals surface area contributed by atoms with Crippen molar-refractivity contribution >= 4 is 6.08 Å². The van der Waals surface area contributed by atoms with E-state index in [-0.39, 0.29) is 0 Å². The Hall–Kier alpha value is -1.60. The summed E-state index contributed by atoms with van der Waals surface area (Å²) >= 11 is 0. The molecule has 74 valence electrons. The van der Waals surface area contributed by atoms with E-state index in [4.69, 9.17) is 4.74 Å². The number of ether oxygens (including phenoxy) is 1. The van der Waals surface area contributed by atoms with Gasteiger partial charge < -0.3 is 4.74 Å². The predicted molar refractivity (Wildman–Crippen MR) is 54.1 cm³/mol. The van der Waals surface area contributed by atoms with Crippen LogP contribution in [0.1, 0.15) is 13.8 Å². The molecule has 0 aliphatic rings. The fourth-order valence-electron chi connectivity index (χ4n) is 0.933. The number of hydrogen-bond donors (Lipinski definition) is 0. The first kappa shape index (κ1) is 10.5. The molecule has 0 bridgehead atoms. The van der Waals surface area contributed by atoms with Gasteiger partial charge in [-0.2, -0.15) is 4.99 Å². The molecule has 0 aliphatic heterocycles. The highest BCUT2D eigenvalue weighted by molar-refractivity contribution is 5.34. The summed E-state index contributed by atoms with van der Waals surface area (Å²) in [6, 6.07) is 9.43. The van der Waals surface area contributed by atoms with Crippen LogP contribution in [-0.4, -0.2) is 18.2 Å². The minimum atomic E-state index is -0.516. The van der Waals surface area contributed by atoms with Crippen molar-refractivity contribution in [3.05, 3.63) is 30.3 Å². The summed E-state index contributed by atoms with van der Waals surface area (Å²) in [5.41, 5.74) is -0.516. The van der Waals surface area contributed by atoms with E-state index in [2.05, 4.69) is 4.99 Å². The Kier molecular flexibility index (Phi) is 3.43. The van der Waals surface area contributed by atoms with Crippen molar-refractivity contribution in [1.82, 2.24) is 0 Å². The first-order valence-corrected chi connectivity index (χ1v) is 4.41. The van der Waals surface area contributed by atoms with Crippen molar-refractivity contribution in [2.45, 2.75) is 19.4 Å². The number of isocyanates is 1. The number of carbonyl (C=O) groups excluding carboxylic acids is 1. The van der Waals surface area contributed by atoms with Gasteiger partial charge in [-0.1, -0.05) is 18.2 Å². The summed E-state index contributed by atoms with van der Waals surface area (Å²) in [6.07, 6.45) is 1.54. The highest BCUT2D eigenvalue weighted by Gasteiger charge is 2.16. The second-order valence-corrected chi connectivity index (χ2v) is 3.62. The van der Waals surface area contributed by atoms with Crippen molar-refractivity contribution in [2.75, 3.05) is 6.61 Å². The third kappa shape index (κ3) is 3.42. The molecular weight excluding hydrogens is 178 g/mol. The molecule has 0 spiro atoms. The molecule has 0 atom stereocenters. The van der Waals surface area contributed by atoms with Crippen LogP contribution in [0.4, 0.5) is 0 Å². The summed E-state index contributed by atoms with van der Waals surface area (Å²) in [5, 5.41) is 0. The maximum absolute atomic E-state index is 10.1. The fourth-order valence-corrected chi connectivity index (χ4v) is 0.933. The quantitative estimate of drug-likeness (QED) is 0.540. The van der Waals surface area contributed by atoms with Crippen molar-refractivity contribution in [3.8, 4) is 5.75 Å². The summed E-state index contributed by atoms with van der Waals surface area (Å²) in [4.78, 5) is 13.7. The Balaban J connectivity index is 2.53. The van der Waals surface area contributed by atoms with Gasteiger partial charge in [-0.05, 0) is 26.0 Å². The summed E-state index contributed by atoms with van der Waals surface area (Å²) in [5.74, 6) is 0.779. The van der Waals surface area contributed by atoms with Crippen LogP contribution < -0.4 is 4.74 Å². The van der Waals surface area contributed by atoms with Crippen molar-refractivity contribution < 1.29 is 9.53 Å². The van der Waals surface area contributed by atoms with E-state index in [9.17, 15) is 4.79 Å². The van der Waals surface area contributed by atoms with Gasteiger partial charge in [0, 0.05) is 0 Å². The van der Waals surface area contributed by atoms with E-state index < -0.39 is 5.54 Å². The average Bonchev–Trinajstić information content (AvgIpc) is 2.17. The van der Waals surface area contributed by atoms with Gasteiger partial charge in [0.05, 0.1) is 0 Å². The van der Waals surface area contributed by atoms with Crippen LogP contribution in [-0.2, 0) is 4.79 Å². The topological polar surface area (TPSA) is 38.7 Å². The van der Waals surface area contributed by atoms with Crippen molar-refractivity contribution in [2.24, 2.45) is 4.99 Å². The Morgan fingerprint density at radius 2 is 2.00 bits per heavy atom. The van der Waals surface area contributed by atoms with Crippen molar-refractivity contribution in [3.63, 3.8) is 0 Å². The number of aliphatic imine (C=N–C) groups is 1. The summed E-state index contributed by atoms with van der Waals surface area (Å²) < 4.78 is 5.45. The van der Waals surface area contributed by atoms with Crippen LogP contribution in [0.25, 0.3) is 0 Å². The van der Waals surface area contributed by atoms with Crippen LogP contribution in [0.15, 0.2) is 35.3 Å². The molecule has 14 heavy (non-hydrogen) atoms. The number of nitrogens with zero attached hydrogens (tertiary/aromatic N) is 1. The highest BCUT2D eigenvalue weighted by Crippen LogP contribution is 2.13. The van der Waals surface area contributed by atoms with E-state index in [0.29, 0.717) is 6.61 Å². The lowest BCUT2D eigenvalue weighted by atomic mass is 10.1. The molecule has 3 heteroatoms. The Morgan fingerprint density at radius 1 is 1.36 bits per heavy atom. The Bertz CT molecular complexity index is 326. The van der Waals surface area contributed by atoms with Crippen LogP contribution in [0, 0.1) is 0 Å². The van der Waals surface area contributed by atoms with Gasteiger partial charge in [-0.3, -0.25) is 0 Å². The summed E-state index contributed by atoms with van der Waals surface area (Å²) in [6.45, 7) is 4.01. The van der Waals surface area contributed by atoms with Gasteiger partial charge in [0.25, 0.3) is 0 Å². The van der Waals surface area contributed by atoms with E-state index in [1.54, 1.807) is 0 Å². The second kappa shape index (κ2) is 4.58. The molecule has 0 saturated heterocycles. The van der Waals surface area contributed by atoms with E-state index >= 15 is 0 Å². The van der Waals surface area contributed by atoms with E-state index in [1.807, 2.05) is 44.2 Å². The third-order valence-corrected chi connectivity index (χ3v) is 1.68. The third-order valence-electron chi connectivity index (χ3n) is 1.68. The van der Waals surface area contributed by atoms with Gasteiger partial charge in [-0.15, -0.1) is 0 Å². The standard InChI is InChI=1S/C11H13NO2/c1-11(2,12-9-13)8-14-10-6-4-3-5-7-10/h3-7H,8H2,1-2H3. The highest BCUT2D eigenvalue weighted by atomic mass is 16.5. The Labute approximate surface area is 83.4 Å². The zero-order chi connectivity index (χ0) is 10.4. The molecule has 0 unspecified atom stereocenters. The van der Waals surface area contributed by atoms with Gasteiger partial charge >= 0.3 is 0 Å². The lowest BCUT2D eigenvalue weighted by molar-refractivity contribution is 0.244. The second-order valence-electron chi connectivity index (χ2n) is 3.62. The molecule has 0 radical (unpaired) electrons. The normalized spacial score (nSPS) is 10.4. The van der Waals surface area contributed by atoms with Gasteiger partial charge in [0.1, 0.15) is 17.9 Å². The largest absolute Gasteiger partial charge is 0.491 e. The first-order chi connectivity index (χ1) is 6.64. The van der Waals surface area contributed by atoms with E-state index in [1.165, 1.54) is 6.08 Å². The predicted octanol–water partition coefficient (Wildman–Crippen LogP) is 2.18. The van der Waals surface area contributed by atoms with Crippen LogP contribution in [0.3, 0.4) is 0 Å². The fraction of sp³-hybridized carbons (Fsp3) is 0.364. The molecule has 0 N–H and O–H groups in total. The molecule has 0 amide bonds. The van der Waals surface area contributed by atoms with Crippen LogP contribution >= 0.6 is 0 Å².